The minimum Gasteiger partial charge on any atom is -0.467 e. The Morgan fingerprint density at radius 2 is 2.04 bits per heavy atom. The number of amides is 1. The molecule has 0 spiro atoms. The fraction of sp³-hybridized carbons (Fsp3) is 0.474. The number of hydrogen-bond donors (Lipinski definition) is 2. The topological polar surface area (TPSA) is 93.2 Å². The molecular weight excluding hydrogens is 396 g/mol. The lowest BCUT2D eigenvalue weighted by Gasteiger charge is -2.21. The number of esters is 1. The zero-order chi connectivity index (χ0) is 20.7. The van der Waals surface area contributed by atoms with Crippen LogP contribution in [0.15, 0.2) is 22.5 Å². The van der Waals surface area contributed by atoms with Gasteiger partial charge in [0.1, 0.15) is 6.04 Å². The molecule has 0 unspecified atom stereocenters. The summed E-state index contributed by atoms with van der Waals surface area (Å²) in [6, 6.07) is 5.40. The number of thioether (sulfide) groups is 1. The first-order valence-electron chi connectivity index (χ1n) is 9.02. The summed E-state index contributed by atoms with van der Waals surface area (Å²) in [5, 5.41) is 14.9. The van der Waals surface area contributed by atoms with Crippen molar-refractivity contribution < 1.29 is 14.3 Å². The van der Waals surface area contributed by atoms with Gasteiger partial charge in [0, 0.05) is 5.69 Å². The molecule has 1 aromatic heterocycles. The van der Waals surface area contributed by atoms with Crippen LogP contribution in [0.5, 0.6) is 0 Å². The fourth-order valence-electron chi connectivity index (χ4n) is 2.46. The van der Waals surface area contributed by atoms with Crippen LogP contribution < -0.4 is 10.6 Å². The number of nitrogens with one attached hydrogen (secondary N) is 2. The Labute approximate surface area is 173 Å². The molecule has 28 heavy (non-hydrogen) atoms. The van der Waals surface area contributed by atoms with Crippen LogP contribution in [-0.2, 0) is 14.3 Å². The zero-order valence-corrected chi connectivity index (χ0v) is 18.4. The molecule has 1 aromatic carbocycles. The van der Waals surface area contributed by atoms with E-state index in [-0.39, 0.29) is 17.6 Å². The number of ether oxygens (including phenoxy) is 1. The van der Waals surface area contributed by atoms with E-state index < -0.39 is 12.0 Å². The maximum Gasteiger partial charge on any atom is 0.328 e. The Morgan fingerprint density at radius 3 is 2.71 bits per heavy atom. The molecule has 0 aliphatic rings. The van der Waals surface area contributed by atoms with Crippen molar-refractivity contribution >= 4 is 45.8 Å². The highest BCUT2D eigenvalue weighted by Crippen LogP contribution is 2.29. The second-order valence-corrected chi connectivity index (χ2v) is 8.69. The highest BCUT2D eigenvalue weighted by Gasteiger charge is 2.26. The Morgan fingerprint density at radius 1 is 1.29 bits per heavy atom. The fourth-order valence-corrected chi connectivity index (χ4v) is 4.03. The third-order valence-electron chi connectivity index (χ3n) is 4.56. The molecule has 2 rings (SSSR count). The van der Waals surface area contributed by atoms with E-state index in [4.69, 9.17) is 4.74 Å². The lowest BCUT2D eigenvalue weighted by molar-refractivity contribution is -0.146. The van der Waals surface area contributed by atoms with E-state index in [1.54, 1.807) is 0 Å². The first-order valence-corrected chi connectivity index (χ1v) is 10.8. The largest absolute Gasteiger partial charge is 0.467 e. The average molecular weight is 423 g/mol. The minimum atomic E-state index is -0.640. The van der Waals surface area contributed by atoms with Crippen molar-refractivity contribution in [3.63, 3.8) is 0 Å². The average Bonchev–Trinajstić information content (AvgIpc) is 3.14. The molecule has 2 aromatic rings. The molecule has 0 bridgehead atoms. The van der Waals surface area contributed by atoms with Crippen LogP contribution in [0.3, 0.4) is 0 Å². The van der Waals surface area contributed by atoms with Crippen molar-refractivity contribution in [1.29, 1.82) is 0 Å². The summed E-state index contributed by atoms with van der Waals surface area (Å²) in [6.45, 7) is 7.98. The van der Waals surface area contributed by atoms with Crippen molar-refractivity contribution in [3.8, 4) is 0 Å². The molecule has 0 radical (unpaired) electrons. The number of aryl methyl sites for hydroxylation is 1. The first kappa shape index (κ1) is 22.2. The predicted octanol–water partition coefficient (Wildman–Crippen LogP) is 3.69. The van der Waals surface area contributed by atoms with Gasteiger partial charge < -0.3 is 15.4 Å². The molecule has 1 amide bonds. The SMILES string of the molecule is CC[C@@H](C)[C@@H](NC(=O)CSc1nnc(Nc2cccc(C)c2C)s1)C(=O)OC. The van der Waals surface area contributed by atoms with Gasteiger partial charge in [-0.15, -0.1) is 10.2 Å². The number of anilines is 2. The van der Waals surface area contributed by atoms with E-state index in [1.807, 2.05) is 32.9 Å². The number of carbonyl (C=O) groups is 2. The Hall–Kier alpha value is -2.13. The molecule has 0 fully saturated rings. The van der Waals surface area contributed by atoms with Gasteiger partial charge in [0.2, 0.25) is 11.0 Å². The number of benzene rings is 1. The number of methoxy groups -OCH3 is 1. The second-order valence-electron chi connectivity index (χ2n) is 6.49. The molecule has 0 saturated carbocycles. The van der Waals surface area contributed by atoms with E-state index >= 15 is 0 Å². The lowest BCUT2D eigenvalue weighted by atomic mass is 9.99. The van der Waals surface area contributed by atoms with E-state index in [1.165, 1.54) is 35.8 Å². The van der Waals surface area contributed by atoms with E-state index in [9.17, 15) is 9.59 Å². The second kappa shape index (κ2) is 10.4. The summed E-state index contributed by atoms with van der Waals surface area (Å²) >= 11 is 2.67. The first-order chi connectivity index (χ1) is 13.3. The Kier molecular flexibility index (Phi) is 8.25. The van der Waals surface area contributed by atoms with Crippen LogP contribution in [0.1, 0.15) is 31.4 Å². The van der Waals surface area contributed by atoms with Gasteiger partial charge in [-0.2, -0.15) is 0 Å². The summed E-state index contributed by atoms with van der Waals surface area (Å²) in [6.07, 6.45) is 0.761. The monoisotopic (exact) mass is 422 g/mol. The van der Waals surface area contributed by atoms with Gasteiger partial charge in [0.15, 0.2) is 4.34 Å². The smallest absolute Gasteiger partial charge is 0.328 e. The molecule has 7 nitrogen and oxygen atoms in total. The van der Waals surface area contributed by atoms with Gasteiger partial charge in [0.25, 0.3) is 0 Å². The highest BCUT2D eigenvalue weighted by atomic mass is 32.2. The lowest BCUT2D eigenvalue weighted by Crippen LogP contribution is -2.46. The van der Waals surface area contributed by atoms with Gasteiger partial charge in [-0.05, 0) is 37.0 Å². The summed E-state index contributed by atoms with van der Waals surface area (Å²) < 4.78 is 5.47. The number of aromatic nitrogens is 2. The molecule has 2 N–H and O–H groups in total. The molecule has 1 heterocycles. The number of hydrogen-bond acceptors (Lipinski definition) is 8. The minimum absolute atomic E-state index is 0.00343. The van der Waals surface area contributed by atoms with Crippen molar-refractivity contribution in [2.45, 2.75) is 44.5 Å². The number of carbonyl (C=O) groups excluding carboxylic acids is 2. The van der Waals surface area contributed by atoms with Crippen molar-refractivity contribution in [2.24, 2.45) is 5.92 Å². The molecule has 0 aliphatic carbocycles. The van der Waals surface area contributed by atoms with Crippen LogP contribution >= 0.6 is 23.1 Å². The normalized spacial score (nSPS) is 12.9. The van der Waals surface area contributed by atoms with Crippen molar-refractivity contribution in [1.82, 2.24) is 15.5 Å². The Balaban J connectivity index is 1.92. The van der Waals surface area contributed by atoms with Gasteiger partial charge in [0.05, 0.1) is 12.9 Å². The molecular formula is C19H26N4O3S2. The van der Waals surface area contributed by atoms with Crippen molar-refractivity contribution in [3.05, 3.63) is 29.3 Å². The van der Waals surface area contributed by atoms with E-state index in [2.05, 4.69) is 33.8 Å². The van der Waals surface area contributed by atoms with Crippen molar-refractivity contribution in [2.75, 3.05) is 18.2 Å². The molecule has 9 heteroatoms. The third-order valence-corrected chi connectivity index (χ3v) is 6.54. The van der Waals surface area contributed by atoms with Crippen LogP contribution in [-0.4, -0.2) is 41.0 Å². The zero-order valence-electron chi connectivity index (χ0n) is 16.7. The van der Waals surface area contributed by atoms with Crippen LogP contribution in [0, 0.1) is 19.8 Å². The molecule has 2 atom stereocenters. The highest BCUT2D eigenvalue weighted by molar-refractivity contribution is 8.01. The van der Waals surface area contributed by atoms with Gasteiger partial charge in [-0.1, -0.05) is 55.5 Å². The maximum atomic E-state index is 12.2. The van der Waals surface area contributed by atoms with Gasteiger partial charge in [-0.25, -0.2) is 4.79 Å². The standard InChI is InChI=1S/C19H26N4O3S2/c1-6-11(2)16(17(25)26-5)21-15(24)10-27-19-23-22-18(28-19)20-14-9-7-8-12(3)13(14)4/h7-9,11,16H,6,10H2,1-5H3,(H,20,22)(H,21,24)/t11-,16-/m1/s1. The van der Waals surface area contributed by atoms with E-state index in [0.29, 0.717) is 9.47 Å². The quantitative estimate of drug-likeness (QED) is 0.470. The van der Waals surface area contributed by atoms with Gasteiger partial charge >= 0.3 is 5.97 Å². The maximum absolute atomic E-state index is 12.2. The van der Waals surface area contributed by atoms with Crippen LogP contribution in [0.2, 0.25) is 0 Å². The summed E-state index contributed by atoms with van der Waals surface area (Å²) in [7, 11) is 1.32. The van der Waals surface area contributed by atoms with Gasteiger partial charge in [-0.3, -0.25) is 4.79 Å². The molecule has 0 aliphatic heterocycles. The Bertz CT molecular complexity index is 825. The predicted molar refractivity (Wildman–Crippen MR) is 113 cm³/mol. The third kappa shape index (κ3) is 5.93. The van der Waals surface area contributed by atoms with E-state index in [0.717, 1.165) is 17.7 Å². The summed E-state index contributed by atoms with van der Waals surface area (Å²) in [5.74, 6) is -0.512. The molecule has 152 valence electrons. The van der Waals surface area contributed by atoms with Crippen LogP contribution in [0.25, 0.3) is 0 Å². The molecule has 0 saturated heterocycles. The number of nitrogens with zero attached hydrogens (tertiary/aromatic N) is 2. The summed E-state index contributed by atoms with van der Waals surface area (Å²) in [4.78, 5) is 24.1. The summed E-state index contributed by atoms with van der Waals surface area (Å²) in [5.41, 5.74) is 3.34. The number of rotatable bonds is 9. The van der Waals surface area contributed by atoms with Crippen LogP contribution in [0.4, 0.5) is 10.8 Å².